The number of alkyl halides is 3. The van der Waals surface area contributed by atoms with E-state index in [1.165, 1.54) is 31.4 Å². The highest BCUT2D eigenvalue weighted by Crippen LogP contribution is 2.32. The van der Waals surface area contributed by atoms with Crippen molar-refractivity contribution in [1.29, 1.82) is 0 Å². The summed E-state index contributed by atoms with van der Waals surface area (Å²) in [5, 5.41) is 9.49. The highest BCUT2D eigenvalue weighted by atomic mass is 19.4. The van der Waals surface area contributed by atoms with Crippen LogP contribution in [-0.4, -0.2) is 52.7 Å². The van der Waals surface area contributed by atoms with Crippen molar-refractivity contribution in [3.8, 4) is 18.1 Å². The van der Waals surface area contributed by atoms with Gasteiger partial charge < -0.3 is 19.3 Å². The Bertz CT molecular complexity index is 1180. The number of hydrogen-bond acceptors (Lipinski definition) is 7. The van der Waals surface area contributed by atoms with Gasteiger partial charge in [-0.1, -0.05) is 5.92 Å². The van der Waals surface area contributed by atoms with E-state index in [-0.39, 0.29) is 23.2 Å². The minimum atomic E-state index is -5.16. The number of nitrogens with zero attached hydrogens (tertiary/aromatic N) is 2. The van der Waals surface area contributed by atoms with Crippen molar-refractivity contribution < 1.29 is 37.3 Å². The lowest BCUT2D eigenvalue weighted by Crippen LogP contribution is -2.47. The summed E-state index contributed by atoms with van der Waals surface area (Å²) in [7, 11) is 1.37. The van der Waals surface area contributed by atoms with Crippen LogP contribution in [0.5, 0.6) is 5.75 Å². The number of hydrogen-bond donors (Lipinski definition) is 1. The minimum Gasteiger partial charge on any atom is -0.497 e. The maximum Gasteiger partial charge on any atom is 0.423 e. The first-order chi connectivity index (χ1) is 15.6. The smallest absolute Gasteiger partial charge is 0.423 e. The maximum absolute atomic E-state index is 13.6. The van der Waals surface area contributed by atoms with Crippen molar-refractivity contribution in [3.63, 3.8) is 0 Å². The fourth-order valence-corrected chi connectivity index (χ4v) is 3.38. The zero-order valence-electron chi connectivity index (χ0n) is 17.2. The van der Waals surface area contributed by atoms with Crippen molar-refractivity contribution >= 4 is 5.91 Å². The summed E-state index contributed by atoms with van der Waals surface area (Å²) < 4.78 is 56.9. The quantitative estimate of drug-likeness (QED) is 0.631. The lowest BCUT2D eigenvalue weighted by molar-refractivity contribution is -0.139. The summed E-state index contributed by atoms with van der Waals surface area (Å²) >= 11 is 0. The van der Waals surface area contributed by atoms with Gasteiger partial charge in [0.15, 0.2) is 0 Å². The normalized spacial score (nSPS) is 20.4. The van der Waals surface area contributed by atoms with Gasteiger partial charge in [-0.15, -0.1) is 6.42 Å². The van der Waals surface area contributed by atoms with Crippen molar-refractivity contribution in [3.05, 3.63) is 62.4 Å². The van der Waals surface area contributed by atoms with Gasteiger partial charge in [-0.25, -0.2) is 4.79 Å². The average Bonchev–Trinajstić information content (AvgIpc) is 3.19. The Labute approximate surface area is 184 Å². The van der Waals surface area contributed by atoms with Crippen LogP contribution in [0.4, 0.5) is 13.2 Å². The van der Waals surface area contributed by atoms with E-state index in [4.69, 9.17) is 20.6 Å². The predicted octanol–water partition coefficient (Wildman–Crippen LogP) is 1.02. The lowest BCUT2D eigenvalue weighted by Gasteiger charge is -2.18. The molecule has 2 heterocycles. The third-order valence-corrected chi connectivity index (χ3v) is 5.01. The number of aliphatic hydroxyl groups is 1. The topological polar surface area (TPSA) is 109 Å². The molecule has 1 aliphatic heterocycles. The molecule has 0 aliphatic carbocycles. The molecule has 3 rings (SSSR count). The van der Waals surface area contributed by atoms with E-state index in [0.29, 0.717) is 16.5 Å². The number of terminal acetylenes is 1. The molecule has 0 radical (unpaired) electrons. The van der Waals surface area contributed by atoms with Gasteiger partial charge >= 0.3 is 11.9 Å². The average molecular weight is 468 g/mol. The van der Waals surface area contributed by atoms with Crippen LogP contribution < -0.4 is 16.0 Å². The van der Waals surface area contributed by atoms with E-state index in [9.17, 15) is 32.7 Å². The molecule has 0 unspecified atom stereocenters. The van der Waals surface area contributed by atoms with Crippen LogP contribution >= 0.6 is 0 Å². The van der Waals surface area contributed by atoms with Crippen LogP contribution in [0, 0.1) is 12.3 Å². The van der Waals surface area contributed by atoms with Crippen molar-refractivity contribution in [1.82, 2.24) is 9.13 Å². The number of benzene rings is 1. The molecule has 0 saturated carbocycles. The number of ether oxygens (including phenoxy) is 3. The molecular formula is C21H19F3N2O7. The van der Waals surface area contributed by atoms with Crippen molar-refractivity contribution in [2.45, 2.75) is 31.0 Å². The van der Waals surface area contributed by atoms with Crippen LogP contribution in [0.1, 0.15) is 28.6 Å². The van der Waals surface area contributed by atoms with Gasteiger partial charge in [0, 0.05) is 18.2 Å². The van der Waals surface area contributed by atoms with Gasteiger partial charge in [0.1, 0.15) is 30.3 Å². The Morgan fingerprint density at radius 3 is 2.52 bits per heavy atom. The number of aromatic nitrogens is 2. The van der Waals surface area contributed by atoms with Gasteiger partial charge in [-0.05, 0) is 24.3 Å². The fourth-order valence-electron chi connectivity index (χ4n) is 3.38. The lowest BCUT2D eigenvalue weighted by atomic mass is 10.2. The number of rotatable bonds is 6. The second-order valence-electron chi connectivity index (χ2n) is 7.01. The summed E-state index contributed by atoms with van der Waals surface area (Å²) in [6, 6.07) is 5.11. The van der Waals surface area contributed by atoms with Crippen molar-refractivity contribution in [2.75, 3.05) is 20.3 Å². The second kappa shape index (κ2) is 9.62. The monoisotopic (exact) mass is 468 g/mol. The molecule has 0 amide bonds. The van der Waals surface area contributed by atoms with Crippen LogP contribution in [0.25, 0.3) is 0 Å². The Balaban J connectivity index is 2.12. The maximum atomic E-state index is 13.6. The Hall–Kier alpha value is -3.40. The minimum absolute atomic E-state index is 0.0996. The van der Waals surface area contributed by atoms with Crippen LogP contribution in [0.3, 0.4) is 0 Å². The van der Waals surface area contributed by atoms with E-state index >= 15 is 0 Å². The van der Waals surface area contributed by atoms with Crippen molar-refractivity contribution in [2.24, 2.45) is 0 Å². The Morgan fingerprint density at radius 2 is 1.97 bits per heavy atom. The molecule has 1 aromatic carbocycles. The van der Waals surface area contributed by atoms with Crippen LogP contribution in [0.2, 0.25) is 0 Å². The van der Waals surface area contributed by atoms with E-state index in [1.807, 2.05) is 0 Å². The SMILES string of the molecule is C#CCO[C@H]1C[C@H](n2cc(C(F)(F)F)c(=O)n(C(=O)c3ccc(OC)cc3)c2=O)O[C@@H]1CO. The molecule has 176 valence electrons. The van der Waals surface area contributed by atoms with E-state index in [2.05, 4.69) is 5.92 Å². The largest absolute Gasteiger partial charge is 0.497 e. The number of carbonyl (C=O) groups excluding carboxylic acids is 1. The van der Waals surface area contributed by atoms with Crippen LogP contribution in [-0.2, 0) is 15.7 Å². The molecule has 0 bridgehead atoms. The number of methoxy groups -OCH3 is 1. The summed E-state index contributed by atoms with van der Waals surface area (Å²) in [5.41, 5.74) is -5.10. The summed E-state index contributed by atoms with van der Waals surface area (Å²) in [6.45, 7) is -0.716. The third-order valence-electron chi connectivity index (χ3n) is 5.01. The molecule has 12 heteroatoms. The first-order valence-electron chi connectivity index (χ1n) is 9.57. The molecule has 1 N–H and O–H groups in total. The number of halogens is 3. The number of carbonyl (C=O) groups is 1. The van der Waals surface area contributed by atoms with Gasteiger partial charge in [0.05, 0.1) is 19.8 Å². The zero-order valence-corrected chi connectivity index (χ0v) is 17.2. The molecule has 0 spiro atoms. The van der Waals surface area contributed by atoms with Crippen LogP contribution in [0.15, 0.2) is 40.1 Å². The standard InChI is InChI=1S/C21H19F3N2O7/c1-3-8-32-15-9-17(33-16(15)11-27)25-10-14(21(22,23)24)19(29)26(20(25)30)18(28)12-4-6-13(31-2)7-5-12/h1,4-7,10,15-17,27H,8-9,11H2,2H3/t15-,16+,17+/m0/s1. The van der Waals surface area contributed by atoms with Gasteiger partial charge in [0.25, 0.3) is 11.5 Å². The molecular weight excluding hydrogens is 449 g/mol. The Morgan fingerprint density at radius 1 is 1.30 bits per heavy atom. The zero-order chi connectivity index (χ0) is 24.3. The first kappa shape index (κ1) is 24.2. The van der Waals surface area contributed by atoms with E-state index in [1.54, 1.807) is 0 Å². The van der Waals surface area contributed by atoms with Gasteiger partial charge in [-0.2, -0.15) is 17.7 Å². The summed E-state index contributed by atoms with van der Waals surface area (Å²) in [6.07, 6.45) is -3.05. The summed E-state index contributed by atoms with van der Waals surface area (Å²) in [5.74, 6) is 1.31. The molecule has 9 nitrogen and oxygen atoms in total. The first-order valence-corrected chi connectivity index (χ1v) is 9.57. The molecule has 33 heavy (non-hydrogen) atoms. The fraction of sp³-hybridized carbons (Fsp3) is 0.381. The summed E-state index contributed by atoms with van der Waals surface area (Å²) in [4.78, 5) is 38.4. The van der Waals surface area contributed by atoms with Gasteiger partial charge in [-0.3, -0.25) is 14.2 Å². The third kappa shape index (κ3) is 4.85. The molecule has 1 saturated heterocycles. The highest BCUT2D eigenvalue weighted by molar-refractivity contribution is 5.95. The molecule has 1 aliphatic rings. The van der Waals surface area contributed by atoms with E-state index < -0.39 is 53.9 Å². The second-order valence-corrected chi connectivity index (χ2v) is 7.01. The van der Waals surface area contributed by atoms with Gasteiger partial charge in [0.2, 0.25) is 0 Å². The molecule has 1 fully saturated rings. The van der Waals surface area contributed by atoms with E-state index in [0.717, 1.165) is 0 Å². The number of aliphatic hydroxyl groups excluding tert-OH is 1. The predicted molar refractivity (Wildman–Crippen MR) is 107 cm³/mol. The highest BCUT2D eigenvalue weighted by Gasteiger charge is 2.41. The molecule has 2 aromatic rings. The Kier molecular flexibility index (Phi) is 7.06. The molecule has 1 aromatic heterocycles. The molecule has 3 atom stereocenters.